The highest BCUT2D eigenvalue weighted by Crippen LogP contribution is 2.22. The van der Waals surface area contributed by atoms with Crippen molar-refractivity contribution in [3.8, 4) is 11.5 Å². The molecule has 7 nitrogen and oxygen atoms in total. The van der Waals surface area contributed by atoms with Crippen molar-refractivity contribution < 1.29 is 8.83 Å². The summed E-state index contributed by atoms with van der Waals surface area (Å²) < 4.78 is 11.4. The van der Waals surface area contributed by atoms with E-state index in [1.807, 2.05) is 12.1 Å². The van der Waals surface area contributed by atoms with Crippen LogP contribution in [0.2, 0.25) is 0 Å². The van der Waals surface area contributed by atoms with Crippen molar-refractivity contribution in [3.63, 3.8) is 0 Å². The number of aliphatic imine (C=N–C) groups is 1. The zero-order valence-electron chi connectivity index (χ0n) is 17.7. The first-order valence-electron chi connectivity index (χ1n) is 9.76. The second kappa shape index (κ2) is 8.94. The van der Waals surface area contributed by atoms with Crippen LogP contribution >= 0.6 is 0 Å². The Hall–Kier alpha value is -3.09. The fourth-order valence-corrected chi connectivity index (χ4v) is 2.68. The molecule has 0 saturated carbocycles. The van der Waals surface area contributed by atoms with Gasteiger partial charge in [-0.15, -0.1) is 0 Å². The lowest BCUT2D eigenvalue weighted by atomic mass is 9.94. The summed E-state index contributed by atoms with van der Waals surface area (Å²) in [5.41, 5.74) is 3.03. The quantitative estimate of drug-likeness (QED) is 0.487. The molecule has 0 spiro atoms. The van der Waals surface area contributed by atoms with Crippen molar-refractivity contribution >= 4 is 5.96 Å². The van der Waals surface area contributed by atoms with Crippen LogP contribution in [0.5, 0.6) is 0 Å². The Kier molecular flexibility index (Phi) is 6.36. The van der Waals surface area contributed by atoms with Crippen LogP contribution in [0, 0.1) is 6.92 Å². The molecule has 3 rings (SSSR count). The SMILES string of the molecule is CN=C(NCCc1coc(-c2ccc(C)cc2)n1)NCc1ncc(C(C)(C)C)o1. The van der Waals surface area contributed by atoms with E-state index in [2.05, 4.69) is 65.4 Å². The minimum atomic E-state index is -0.0554. The minimum absolute atomic E-state index is 0.0554. The summed E-state index contributed by atoms with van der Waals surface area (Å²) in [7, 11) is 1.73. The van der Waals surface area contributed by atoms with Gasteiger partial charge in [0.15, 0.2) is 5.96 Å². The molecule has 1 aromatic carbocycles. The molecule has 0 aliphatic rings. The van der Waals surface area contributed by atoms with E-state index < -0.39 is 0 Å². The molecule has 2 heterocycles. The van der Waals surface area contributed by atoms with Gasteiger partial charge in [0.05, 0.1) is 18.4 Å². The maximum Gasteiger partial charge on any atom is 0.226 e. The molecule has 2 aromatic heterocycles. The van der Waals surface area contributed by atoms with Gasteiger partial charge in [-0.1, -0.05) is 38.5 Å². The first kappa shape index (κ1) is 20.6. The van der Waals surface area contributed by atoms with Crippen molar-refractivity contribution in [2.24, 2.45) is 4.99 Å². The van der Waals surface area contributed by atoms with Crippen molar-refractivity contribution in [2.75, 3.05) is 13.6 Å². The first-order chi connectivity index (χ1) is 13.8. The summed E-state index contributed by atoms with van der Waals surface area (Å²) in [5.74, 6) is 2.83. The number of aromatic nitrogens is 2. The van der Waals surface area contributed by atoms with E-state index in [4.69, 9.17) is 8.83 Å². The van der Waals surface area contributed by atoms with E-state index in [0.29, 0.717) is 30.8 Å². The summed E-state index contributed by atoms with van der Waals surface area (Å²) in [4.78, 5) is 13.1. The molecule has 3 aromatic rings. The highest BCUT2D eigenvalue weighted by molar-refractivity contribution is 5.79. The number of nitrogens with zero attached hydrogens (tertiary/aromatic N) is 3. The second-order valence-electron chi connectivity index (χ2n) is 7.98. The second-order valence-corrected chi connectivity index (χ2v) is 7.98. The van der Waals surface area contributed by atoms with E-state index in [0.717, 1.165) is 23.4 Å². The number of hydrogen-bond acceptors (Lipinski definition) is 5. The predicted molar refractivity (Wildman–Crippen MR) is 114 cm³/mol. The molecule has 0 saturated heterocycles. The average molecular weight is 396 g/mol. The lowest BCUT2D eigenvalue weighted by Crippen LogP contribution is -2.37. The Morgan fingerprint density at radius 3 is 2.55 bits per heavy atom. The fraction of sp³-hybridized carbons (Fsp3) is 0.409. The maximum absolute atomic E-state index is 5.79. The Labute approximate surface area is 171 Å². The van der Waals surface area contributed by atoms with Gasteiger partial charge in [0.25, 0.3) is 0 Å². The monoisotopic (exact) mass is 395 g/mol. The molecule has 0 bridgehead atoms. The third kappa shape index (κ3) is 5.70. The molecule has 0 amide bonds. The van der Waals surface area contributed by atoms with Crippen LogP contribution in [0.3, 0.4) is 0 Å². The lowest BCUT2D eigenvalue weighted by Gasteiger charge is -2.13. The van der Waals surface area contributed by atoms with Crippen LogP contribution in [-0.4, -0.2) is 29.5 Å². The summed E-state index contributed by atoms with van der Waals surface area (Å²) in [6.45, 7) is 9.50. The standard InChI is InChI=1S/C22H29N5O2/c1-15-6-8-16(9-7-15)20-27-17(14-28-20)10-11-24-21(23-5)26-13-19-25-12-18(29-19)22(2,3)4/h6-9,12,14H,10-11,13H2,1-5H3,(H2,23,24,26). The molecule has 0 atom stereocenters. The molecule has 0 unspecified atom stereocenters. The summed E-state index contributed by atoms with van der Waals surface area (Å²) in [6, 6.07) is 8.13. The van der Waals surface area contributed by atoms with Gasteiger partial charge < -0.3 is 19.5 Å². The Morgan fingerprint density at radius 1 is 1.14 bits per heavy atom. The number of aryl methyl sites for hydroxylation is 1. The smallest absolute Gasteiger partial charge is 0.226 e. The topological polar surface area (TPSA) is 88.5 Å². The largest absolute Gasteiger partial charge is 0.444 e. The van der Waals surface area contributed by atoms with Gasteiger partial charge >= 0.3 is 0 Å². The Balaban J connectivity index is 1.46. The highest BCUT2D eigenvalue weighted by Gasteiger charge is 2.19. The third-order valence-corrected chi connectivity index (χ3v) is 4.45. The van der Waals surface area contributed by atoms with Crippen LogP contribution in [0.4, 0.5) is 0 Å². The van der Waals surface area contributed by atoms with E-state index in [1.54, 1.807) is 19.5 Å². The van der Waals surface area contributed by atoms with Gasteiger partial charge in [-0.2, -0.15) is 0 Å². The van der Waals surface area contributed by atoms with Gasteiger partial charge in [0.1, 0.15) is 12.0 Å². The zero-order chi connectivity index (χ0) is 20.9. The minimum Gasteiger partial charge on any atom is -0.444 e. The number of nitrogens with one attached hydrogen (secondary N) is 2. The van der Waals surface area contributed by atoms with Gasteiger partial charge in [-0.05, 0) is 19.1 Å². The number of rotatable bonds is 6. The molecule has 0 fully saturated rings. The molecule has 0 aliphatic heterocycles. The Bertz CT molecular complexity index is 948. The summed E-state index contributed by atoms with van der Waals surface area (Å²) in [5, 5.41) is 6.48. The van der Waals surface area contributed by atoms with Gasteiger partial charge in [-0.25, -0.2) is 9.97 Å². The van der Waals surface area contributed by atoms with Gasteiger partial charge in [0.2, 0.25) is 11.8 Å². The molecular weight excluding hydrogens is 366 g/mol. The molecule has 154 valence electrons. The maximum atomic E-state index is 5.79. The van der Waals surface area contributed by atoms with Crippen LogP contribution in [0.25, 0.3) is 11.5 Å². The van der Waals surface area contributed by atoms with Crippen molar-refractivity contribution in [1.29, 1.82) is 0 Å². The number of guanidine groups is 1. The van der Waals surface area contributed by atoms with E-state index in [1.165, 1.54) is 5.56 Å². The molecule has 29 heavy (non-hydrogen) atoms. The van der Waals surface area contributed by atoms with Crippen LogP contribution in [-0.2, 0) is 18.4 Å². The Morgan fingerprint density at radius 2 is 1.90 bits per heavy atom. The average Bonchev–Trinajstić information content (AvgIpc) is 3.34. The van der Waals surface area contributed by atoms with Crippen molar-refractivity contribution in [3.05, 3.63) is 59.6 Å². The number of hydrogen-bond donors (Lipinski definition) is 2. The van der Waals surface area contributed by atoms with Crippen molar-refractivity contribution in [2.45, 2.75) is 46.1 Å². The van der Waals surface area contributed by atoms with Gasteiger partial charge in [0, 0.05) is 31.0 Å². The molecule has 2 N–H and O–H groups in total. The molecule has 0 aliphatic carbocycles. The van der Waals surface area contributed by atoms with E-state index in [-0.39, 0.29) is 5.41 Å². The van der Waals surface area contributed by atoms with Crippen LogP contribution in [0.1, 0.15) is 43.7 Å². The number of oxazole rings is 2. The highest BCUT2D eigenvalue weighted by atomic mass is 16.4. The molecule has 7 heteroatoms. The number of benzene rings is 1. The van der Waals surface area contributed by atoms with Crippen LogP contribution < -0.4 is 10.6 Å². The predicted octanol–water partition coefficient (Wildman–Crippen LogP) is 3.84. The summed E-state index contributed by atoms with van der Waals surface area (Å²) in [6.07, 6.45) is 4.21. The van der Waals surface area contributed by atoms with E-state index in [9.17, 15) is 0 Å². The molecule has 0 radical (unpaired) electrons. The molecular formula is C22H29N5O2. The normalized spacial score (nSPS) is 12.2. The van der Waals surface area contributed by atoms with E-state index >= 15 is 0 Å². The zero-order valence-corrected chi connectivity index (χ0v) is 17.7. The van der Waals surface area contributed by atoms with Gasteiger partial charge in [-0.3, -0.25) is 4.99 Å². The summed E-state index contributed by atoms with van der Waals surface area (Å²) >= 11 is 0. The first-order valence-corrected chi connectivity index (χ1v) is 9.76. The fourth-order valence-electron chi connectivity index (χ4n) is 2.68. The van der Waals surface area contributed by atoms with Crippen molar-refractivity contribution in [1.82, 2.24) is 20.6 Å². The lowest BCUT2D eigenvalue weighted by molar-refractivity contribution is 0.379. The third-order valence-electron chi connectivity index (χ3n) is 4.45. The van der Waals surface area contributed by atoms with Crippen LogP contribution in [0.15, 0.2) is 50.6 Å².